The number of nitrogens with zero attached hydrogens (tertiary/aromatic N) is 4. The molecular weight excluding hydrogens is 270 g/mol. The van der Waals surface area contributed by atoms with Crippen LogP contribution in [0.2, 0.25) is 0 Å². The molecule has 1 aliphatic heterocycles. The average molecular weight is 293 g/mol. The van der Waals surface area contributed by atoms with Crippen molar-refractivity contribution in [3.05, 3.63) is 0 Å². The summed E-state index contributed by atoms with van der Waals surface area (Å²) in [6.45, 7) is 2.08. The van der Waals surface area contributed by atoms with Crippen LogP contribution in [-0.4, -0.2) is 33.8 Å². The van der Waals surface area contributed by atoms with E-state index in [-0.39, 0.29) is 0 Å². The van der Waals surface area contributed by atoms with Crippen LogP contribution < -0.4 is 10.6 Å². The number of rotatable bonds is 4. The molecule has 0 radical (unpaired) electrons. The highest BCUT2D eigenvalue weighted by Gasteiger charge is 2.18. The lowest BCUT2D eigenvalue weighted by atomic mass is 10.1. The third-order valence-electron chi connectivity index (χ3n) is 4.18. The molecule has 1 aliphatic carbocycles. The standard InChI is InChI=1S/C14H23N5S/c15-12-16-13(19-8-4-1-5-9-19)18-14(17-12)20-10-11-6-2-3-7-11/h11H,1-10H2,(H2,15,16,17,18). The van der Waals surface area contributed by atoms with E-state index >= 15 is 0 Å². The number of thioether (sulfide) groups is 1. The second-order valence-corrected chi connectivity index (χ2v) is 6.77. The Kier molecular flexibility index (Phi) is 4.60. The lowest BCUT2D eigenvalue weighted by Crippen LogP contribution is -2.31. The number of nitrogen functional groups attached to an aromatic ring is 1. The van der Waals surface area contributed by atoms with Gasteiger partial charge in [0.05, 0.1) is 0 Å². The second kappa shape index (κ2) is 6.61. The van der Waals surface area contributed by atoms with Crippen molar-refractivity contribution in [1.29, 1.82) is 0 Å². The highest BCUT2D eigenvalue weighted by Crippen LogP contribution is 2.30. The summed E-state index contributed by atoms with van der Waals surface area (Å²) in [6.07, 6.45) is 9.21. The van der Waals surface area contributed by atoms with Crippen LogP contribution in [0.5, 0.6) is 0 Å². The Bertz CT molecular complexity index is 441. The molecule has 2 aliphatic rings. The molecule has 6 heteroatoms. The summed E-state index contributed by atoms with van der Waals surface area (Å²) >= 11 is 1.74. The van der Waals surface area contributed by atoms with Crippen molar-refractivity contribution in [2.75, 3.05) is 29.5 Å². The number of hydrogen-bond donors (Lipinski definition) is 1. The fraction of sp³-hybridized carbons (Fsp3) is 0.786. The third-order valence-corrected chi connectivity index (χ3v) is 5.26. The monoisotopic (exact) mass is 293 g/mol. The maximum Gasteiger partial charge on any atom is 0.231 e. The molecule has 0 amide bonds. The van der Waals surface area contributed by atoms with Crippen LogP contribution in [-0.2, 0) is 0 Å². The van der Waals surface area contributed by atoms with Gasteiger partial charge >= 0.3 is 0 Å². The van der Waals surface area contributed by atoms with Gasteiger partial charge in [-0.05, 0) is 38.0 Å². The first-order valence-electron chi connectivity index (χ1n) is 7.70. The Morgan fingerprint density at radius 1 is 1.00 bits per heavy atom. The van der Waals surface area contributed by atoms with Crippen LogP contribution in [0.25, 0.3) is 0 Å². The first-order valence-corrected chi connectivity index (χ1v) is 8.69. The number of nitrogens with two attached hydrogens (primary N) is 1. The van der Waals surface area contributed by atoms with Crippen LogP contribution in [0.1, 0.15) is 44.9 Å². The highest BCUT2D eigenvalue weighted by atomic mass is 32.2. The Labute approximate surface area is 124 Å². The molecule has 0 unspecified atom stereocenters. The molecular formula is C14H23N5S. The maximum absolute atomic E-state index is 5.85. The number of hydrogen-bond acceptors (Lipinski definition) is 6. The molecule has 110 valence electrons. The summed E-state index contributed by atoms with van der Waals surface area (Å²) in [5.74, 6) is 3.07. The zero-order valence-corrected chi connectivity index (χ0v) is 12.7. The van der Waals surface area contributed by atoms with Gasteiger partial charge in [0.2, 0.25) is 11.9 Å². The van der Waals surface area contributed by atoms with Gasteiger partial charge in [0.15, 0.2) is 5.16 Å². The van der Waals surface area contributed by atoms with E-state index in [0.717, 1.165) is 35.9 Å². The molecule has 0 bridgehead atoms. The lowest BCUT2D eigenvalue weighted by Gasteiger charge is -2.26. The van der Waals surface area contributed by atoms with E-state index in [1.54, 1.807) is 11.8 Å². The molecule has 0 atom stereocenters. The van der Waals surface area contributed by atoms with Crippen molar-refractivity contribution in [2.24, 2.45) is 5.92 Å². The zero-order chi connectivity index (χ0) is 13.8. The van der Waals surface area contributed by atoms with Gasteiger partial charge in [-0.1, -0.05) is 24.6 Å². The fourth-order valence-corrected chi connectivity index (χ4v) is 4.05. The smallest absolute Gasteiger partial charge is 0.231 e. The first kappa shape index (κ1) is 13.9. The summed E-state index contributed by atoms with van der Waals surface area (Å²) in [7, 11) is 0. The Hall–Kier alpha value is -1.04. The summed E-state index contributed by atoms with van der Waals surface area (Å²) in [5, 5.41) is 0.796. The summed E-state index contributed by atoms with van der Waals surface area (Å²) in [6, 6.07) is 0. The van der Waals surface area contributed by atoms with Crippen LogP contribution in [0.4, 0.5) is 11.9 Å². The molecule has 5 nitrogen and oxygen atoms in total. The van der Waals surface area contributed by atoms with Gasteiger partial charge in [-0.15, -0.1) is 0 Å². The van der Waals surface area contributed by atoms with E-state index in [4.69, 9.17) is 5.73 Å². The Balaban J connectivity index is 1.65. The summed E-state index contributed by atoms with van der Waals surface area (Å²) < 4.78 is 0. The van der Waals surface area contributed by atoms with E-state index in [9.17, 15) is 0 Å². The van der Waals surface area contributed by atoms with Gasteiger partial charge in [-0.25, -0.2) is 0 Å². The van der Waals surface area contributed by atoms with Gasteiger partial charge in [-0.3, -0.25) is 0 Å². The SMILES string of the molecule is Nc1nc(SCC2CCCC2)nc(N2CCCCC2)n1. The van der Waals surface area contributed by atoms with Crippen molar-refractivity contribution >= 4 is 23.7 Å². The molecule has 2 N–H and O–H groups in total. The molecule has 0 spiro atoms. The fourth-order valence-electron chi connectivity index (χ4n) is 3.03. The number of aromatic nitrogens is 3. The van der Waals surface area contributed by atoms with Crippen molar-refractivity contribution in [2.45, 2.75) is 50.1 Å². The molecule has 1 saturated carbocycles. The van der Waals surface area contributed by atoms with Gasteiger partial charge in [0.25, 0.3) is 0 Å². The largest absolute Gasteiger partial charge is 0.368 e. The van der Waals surface area contributed by atoms with Crippen LogP contribution in [0, 0.1) is 5.92 Å². The van der Waals surface area contributed by atoms with E-state index < -0.39 is 0 Å². The molecule has 0 aromatic carbocycles. The van der Waals surface area contributed by atoms with Crippen molar-refractivity contribution < 1.29 is 0 Å². The predicted octanol–water partition coefficient (Wildman–Crippen LogP) is 2.73. The molecule has 2 fully saturated rings. The van der Waals surface area contributed by atoms with Crippen LogP contribution in [0.15, 0.2) is 5.16 Å². The van der Waals surface area contributed by atoms with Crippen LogP contribution >= 0.6 is 11.8 Å². The van der Waals surface area contributed by atoms with E-state index in [1.165, 1.54) is 44.9 Å². The maximum atomic E-state index is 5.85. The highest BCUT2D eigenvalue weighted by molar-refractivity contribution is 7.99. The Morgan fingerprint density at radius 2 is 1.75 bits per heavy atom. The average Bonchev–Trinajstić information content (AvgIpc) is 2.99. The minimum atomic E-state index is 0.356. The summed E-state index contributed by atoms with van der Waals surface area (Å²) in [5.41, 5.74) is 5.85. The number of anilines is 2. The topological polar surface area (TPSA) is 67.9 Å². The molecule has 2 heterocycles. The van der Waals surface area contributed by atoms with Gasteiger partial charge < -0.3 is 10.6 Å². The van der Waals surface area contributed by atoms with Gasteiger partial charge in [-0.2, -0.15) is 15.0 Å². The molecule has 20 heavy (non-hydrogen) atoms. The van der Waals surface area contributed by atoms with Crippen LogP contribution in [0.3, 0.4) is 0 Å². The zero-order valence-electron chi connectivity index (χ0n) is 11.9. The molecule has 3 rings (SSSR count). The first-order chi connectivity index (χ1) is 9.81. The van der Waals surface area contributed by atoms with Gasteiger partial charge in [0.1, 0.15) is 0 Å². The molecule has 1 saturated heterocycles. The number of piperidine rings is 1. The third kappa shape index (κ3) is 3.53. The van der Waals surface area contributed by atoms with E-state index in [1.807, 2.05) is 0 Å². The second-order valence-electron chi connectivity index (χ2n) is 5.79. The molecule has 1 aromatic heterocycles. The minimum Gasteiger partial charge on any atom is -0.368 e. The van der Waals surface area contributed by atoms with Crippen molar-refractivity contribution in [1.82, 2.24) is 15.0 Å². The minimum absolute atomic E-state index is 0.356. The lowest BCUT2D eigenvalue weighted by molar-refractivity contribution is 0.565. The van der Waals surface area contributed by atoms with E-state index in [2.05, 4.69) is 19.9 Å². The van der Waals surface area contributed by atoms with E-state index in [0.29, 0.717) is 5.95 Å². The molecule has 1 aromatic rings. The predicted molar refractivity (Wildman–Crippen MR) is 83.0 cm³/mol. The van der Waals surface area contributed by atoms with Crippen molar-refractivity contribution in [3.63, 3.8) is 0 Å². The van der Waals surface area contributed by atoms with Gasteiger partial charge in [0, 0.05) is 18.8 Å². The van der Waals surface area contributed by atoms with Crippen molar-refractivity contribution in [3.8, 4) is 0 Å². The summed E-state index contributed by atoms with van der Waals surface area (Å²) in [4.78, 5) is 15.4. The normalized spacial score (nSPS) is 20.5. The Morgan fingerprint density at radius 3 is 2.50 bits per heavy atom. The quantitative estimate of drug-likeness (QED) is 0.861.